The van der Waals surface area contributed by atoms with E-state index in [2.05, 4.69) is 46.8 Å². The van der Waals surface area contributed by atoms with E-state index in [4.69, 9.17) is 9.47 Å². The fraction of sp³-hybridized carbons (Fsp3) is 0.912. The Hall–Kier alpha value is -1.07. The molecule has 0 bridgehead atoms. The van der Waals surface area contributed by atoms with E-state index in [0.29, 0.717) is 40.9 Å². The number of ether oxygens (including phenoxy) is 2. The summed E-state index contributed by atoms with van der Waals surface area (Å²) in [6, 6.07) is 0. The Labute approximate surface area is 239 Å². The number of nitrogens with zero attached hydrogens (tertiary/aromatic N) is 1. The van der Waals surface area contributed by atoms with Crippen LogP contribution in [-0.2, 0) is 9.47 Å². The van der Waals surface area contributed by atoms with E-state index in [1.165, 1.54) is 44.9 Å². The van der Waals surface area contributed by atoms with Crippen molar-refractivity contribution in [3.05, 3.63) is 12.2 Å². The highest BCUT2D eigenvalue weighted by Gasteiger charge is 2.59. The predicted octanol–water partition coefficient (Wildman–Crippen LogP) is 7.47. The molecule has 4 rings (SSSR count). The summed E-state index contributed by atoms with van der Waals surface area (Å²) in [5.74, 6) is 5.36. The van der Waals surface area contributed by atoms with Crippen molar-refractivity contribution in [3.63, 3.8) is 0 Å². The lowest BCUT2D eigenvalue weighted by molar-refractivity contribution is -0.890. The smallest absolute Gasteiger partial charge is 0.431 e. The maximum absolute atomic E-state index is 12.4. The van der Waals surface area contributed by atoms with Gasteiger partial charge < -0.3 is 19.1 Å². The highest BCUT2D eigenvalue weighted by atomic mass is 16.7. The zero-order valence-corrected chi connectivity index (χ0v) is 26.3. The van der Waals surface area contributed by atoms with Crippen LogP contribution < -0.4 is 0 Å². The Morgan fingerprint density at radius 3 is 2.41 bits per heavy atom. The first-order valence-corrected chi connectivity index (χ1v) is 16.3. The van der Waals surface area contributed by atoms with Crippen molar-refractivity contribution in [1.29, 1.82) is 0 Å². The largest absolute Gasteiger partial charge is 0.508 e. The van der Waals surface area contributed by atoms with Gasteiger partial charge in [-0.3, -0.25) is 0 Å². The van der Waals surface area contributed by atoms with Crippen LogP contribution in [0.5, 0.6) is 0 Å². The summed E-state index contributed by atoms with van der Waals surface area (Å²) in [4.78, 5) is 12.4. The van der Waals surface area contributed by atoms with Crippen molar-refractivity contribution >= 4 is 6.16 Å². The summed E-state index contributed by atoms with van der Waals surface area (Å²) in [5.41, 5.74) is 0.817. The highest BCUT2D eigenvalue weighted by molar-refractivity contribution is 5.60. The molecule has 39 heavy (non-hydrogen) atoms. The lowest BCUT2D eigenvalue weighted by atomic mass is 9.46. The number of likely N-dealkylation sites (N-methyl/N-ethyl adjacent to an activating group) is 1. The second-order valence-corrected chi connectivity index (χ2v) is 15.5. The van der Waals surface area contributed by atoms with Crippen LogP contribution >= 0.6 is 0 Å². The average Bonchev–Trinajstić information content (AvgIpc) is 3.21. The van der Waals surface area contributed by atoms with Gasteiger partial charge in [0.15, 0.2) is 0 Å². The third kappa shape index (κ3) is 6.71. The number of aliphatic hydroxyl groups excluding tert-OH is 1. The minimum Gasteiger partial charge on any atom is -0.431 e. The van der Waals surface area contributed by atoms with Gasteiger partial charge in [0.2, 0.25) is 0 Å². The van der Waals surface area contributed by atoms with E-state index >= 15 is 0 Å². The number of allylic oxidation sites excluding steroid dienone is 2. The van der Waals surface area contributed by atoms with Crippen LogP contribution in [0.2, 0.25) is 0 Å². The summed E-state index contributed by atoms with van der Waals surface area (Å²) < 4.78 is 11.9. The predicted molar refractivity (Wildman–Crippen MR) is 158 cm³/mol. The number of hydrogen-bond acceptors (Lipinski definition) is 4. The molecule has 0 heterocycles. The molecule has 0 aromatic carbocycles. The van der Waals surface area contributed by atoms with E-state index in [1.807, 2.05) is 14.1 Å². The molecular weight excluding hydrogens is 486 g/mol. The standard InChI is InChI=1S/C34H60NO4/c1-24(2)9-8-10-25(3)29-13-14-30-28-12-11-26-23-27(39-32(37)38-22-20-35(6,7)19-21-36)15-17-33(26,4)31(28)16-18-34(29,30)5/h11-12,24-31,36H,8-10,13-23H2,1-7H3/q+1. The summed E-state index contributed by atoms with van der Waals surface area (Å²) in [6.07, 6.45) is 17.3. The van der Waals surface area contributed by atoms with Gasteiger partial charge in [-0.25, -0.2) is 4.79 Å². The number of carbonyl (C=O) groups excluding carboxylic acids is 1. The molecule has 3 fully saturated rings. The molecule has 9 atom stereocenters. The maximum atomic E-state index is 12.4. The highest BCUT2D eigenvalue weighted by Crippen LogP contribution is 2.67. The molecule has 9 unspecified atom stereocenters. The minimum absolute atomic E-state index is 0.0480. The van der Waals surface area contributed by atoms with Crippen molar-refractivity contribution in [2.24, 2.45) is 52.3 Å². The van der Waals surface area contributed by atoms with Gasteiger partial charge in [0.25, 0.3) is 0 Å². The molecule has 1 N–H and O–H groups in total. The van der Waals surface area contributed by atoms with E-state index in [0.717, 1.165) is 54.8 Å². The third-order valence-electron chi connectivity index (χ3n) is 12.2. The van der Waals surface area contributed by atoms with E-state index in [-0.39, 0.29) is 12.7 Å². The van der Waals surface area contributed by atoms with Crippen molar-refractivity contribution in [2.75, 3.05) is 40.4 Å². The maximum Gasteiger partial charge on any atom is 0.508 e. The molecule has 4 aliphatic carbocycles. The van der Waals surface area contributed by atoms with Crippen LogP contribution in [0.3, 0.4) is 0 Å². The van der Waals surface area contributed by atoms with Crippen LogP contribution in [0, 0.1) is 52.3 Å². The van der Waals surface area contributed by atoms with Crippen molar-refractivity contribution in [2.45, 2.75) is 105 Å². The normalized spacial score (nSPS) is 38.6. The molecule has 0 amide bonds. The molecule has 0 aliphatic heterocycles. The summed E-state index contributed by atoms with van der Waals surface area (Å²) >= 11 is 0. The van der Waals surface area contributed by atoms with Gasteiger partial charge >= 0.3 is 6.16 Å². The summed E-state index contributed by atoms with van der Waals surface area (Å²) in [7, 11) is 4.06. The summed E-state index contributed by atoms with van der Waals surface area (Å²) in [6.45, 7) is 14.3. The number of rotatable bonds is 11. The van der Waals surface area contributed by atoms with Gasteiger partial charge in [-0.05, 0) is 97.2 Å². The van der Waals surface area contributed by atoms with Crippen LogP contribution in [-0.4, -0.2) is 62.2 Å². The molecule has 0 radical (unpaired) electrons. The van der Waals surface area contributed by atoms with E-state index in [1.54, 1.807) is 0 Å². The molecule has 0 aromatic rings. The molecular formula is C34H60NO4+. The zero-order valence-electron chi connectivity index (χ0n) is 26.3. The Balaban J connectivity index is 1.33. The lowest BCUT2D eigenvalue weighted by Crippen LogP contribution is -2.52. The second-order valence-electron chi connectivity index (χ2n) is 15.5. The number of carbonyl (C=O) groups is 1. The topological polar surface area (TPSA) is 55.8 Å². The van der Waals surface area contributed by atoms with Crippen molar-refractivity contribution in [3.8, 4) is 0 Å². The molecule has 5 nitrogen and oxygen atoms in total. The Bertz CT molecular complexity index is 854. The number of quaternary nitrogens is 1. The summed E-state index contributed by atoms with van der Waals surface area (Å²) in [5, 5.41) is 9.20. The molecule has 0 spiro atoms. The first-order chi connectivity index (χ1) is 18.4. The van der Waals surface area contributed by atoms with Crippen LogP contribution in [0.15, 0.2) is 12.2 Å². The van der Waals surface area contributed by atoms with Gasteiger partial charge in [-0.2, -0.15) is 0 Å². The van der Waals surface area contributed by atoms with Crippen molar-refractivity contribution in [1.82, 2.24) is 0 Å². The monoisotopic (exact) mass is 546 g/mol. The van der Waals surface area contributed by atoms with Gasteiger partial charge in [0.1, 0.15) is 25.8 Å². The number of aliphatic hydroxyl groups is 1. The Kier molecular flexibility index (Phi) is 9.84. The fourth-order valence-corrected chi connectivity index (χ4v) is 9.64. The van der Waals surface area contributed by atoms with Gasteiger partial charge in [0, 0.05) is 0 Å². The number of hydrogen-bond donors (Lipinski definition) is 1. The quantitative estimate of drug-likeness (QED) is 0.166. The molecule has 0 aromatic heterocycles. The van der Waals surface area contributed by atoms with Crippen LogP contribution in [0.4, 0.5) is 4.79 Å². The van der Waals surface area contributed by atoms with Gasteiger partial charge in [-0.15, -0.1) is 0 Å². The second kappa shape index (κ2) is 12.4. The molecule has 5 heteroatoms. The first-order valence-electron chi connectivity index (χ1n) is 16.3. The van der Waals surface area contributed by atoms with Crippen LogP contribution in [0.25, 0.3) is 0 Å². The number of fused-ring (bicyclic) bond motifs is 5. The minimum atomic E-state index is -0.529. The Morgan fingerprint density at radius 1 is 0.974 bits per heavy atom. The Morgan fingerprint density at radius 2 is 1.69 bits per heavy atom. The van der Waals surface area contributed by atoms with E-state index < -0.39 is 6.16 Å². The van der Waals surface area contributed by atoms with Gasteiger partial charge in [-0.1, -0.05) is 66.0 Å². The molecule has 0 saturated heterocycles. The van der Waals surface area contributed by atoms with Gasteiger partial charge in [0.05, 0.1) is 20.7 Å². The first kappa shape index (κ1) is 30.9. The molecule has 4 aliphatic rings. The van der Waals surface area contributed by atoms with Crippen LogP contribution in [0.1, 0.15) is 98.8 Å². The average molecular weight is 547 g/mol. The molecule has 3 saturated carbocycles. The zero-order chi connectivity index (χ0) is 28.4. The third-order valence-corrected chi connectivity index (χ3v) is 12.2. The SMILES string of the molecule is CC(C)CCCC(C)C1CCC2C3C=CC4CC(OC(=O)OCC[N+](C)(C)CCO)CCC4(C)C3CCC12C. The fourth-order valence-electron chi connectivity index (χ4n) is 9.64. The van der Waals surface area contributed by atoms with E-state index in [9.17, 15) is 9.90 Å². The molecule has 224 valence electrons. The lowest BCUT2D eigenvalue weighted by Gasteiger charge is -2.59. The van der Waals surface area contributed by atoms with Crippen molar-refractivity contribution < 1.29 is 23.9 Å².